The standard InChI is InChI=1S/C27H34ClFN6O3/c1-18-13-20(6-8-23(18)34-26(36)21-7-5-19(29)14-22(21)28)33-27(37)25-24(31-16-32-25)15-38-17-30-9-12-35-10-3-2-4-11-35/h5-8,13-14,16,26,30,34,36H,2-4,9-12,15,17H2,1H3,(H,31,32)(H,33,37). The van der Waals surface area contributed by atoms with Gasteiger partial charge in [-0.25, -0.2) is 9.37 Å². The summed E-state index contributed by atoms with van der Waals surface area (Å²) in [6, 6.07) is 9.02. The molecule has 1 saturated heterocycles. The molecule has 2 heterocycles. The third-order valence-electron chi connectivity index (χ3n) is 6.47. The summed E-state index contributed by atoms with van der Waals surface area (Å²) in [5.74, 6) is -0.838. The minimum atomic E-state index is -1.13. The largest absolute Gasteiger partial charge is 0.369 e. The fraction of sp³-hybridized carbons (Fsp3) is 0.407. The number of amides is 1. The number of aliphatic hydroxyl groups excluding tert-OH is 1. The molecule has 11 heteroatoms. The van der Waals surface area contributed by atoms with Crippen molar-refractivity contribution in [2.24, 2.45) is 0 Å². The number of ether oxygens (including phenoxy) is 1. The summed E-state index contributed by atoms with van der Waals surface area (Å²) >= 11 is 6.05. The molecule has 1 aliphatic heterocycles. The van der Waals surface area contributed by atoms with Gasteiger partial charge in [0.05, 0.1) is 30.4 Å². The molecule has 1 aliphatic rings. The number of aryl methyl sites for hydroxylation is 1. The number of nitrogens with zero attached hydrogens (tertiary/aromatic N) is 2. The van der Waals surface area contributed by atoms with Crippen LogP contribution in [0.3, 0.4) is 0 Å². The van der Waals surface area contributed by atoms with Gasteiger partial charge in [0.2, 0.25) is 0 Å². The van der Waals surface area contributed by atoms with Crippen LogP contribution >= 0.6 is 11.6 Å². The van der Waals surface area contributed by atoms with E-state index in [9.17, 15) is 14.3 Å². The van der Waals surface area contributed by atoms with Crippen LogP contribution < -0.4 is 16.0 Å². The lowest BCUT2D eigenvalue weighted by molar-refractivity contribution is 0.0938. The Labute approximate surface area is 226 Å². The SMILES string of the molecule is Cc1cc(NC(=O)c2nc[nH]c2COCNCCN2CCCCC2)ccc1NC(O)c1ccc(F)cc1Cl. The first-order valence-corrected chi connectivity index (χ1v) is 13.1. The first-order chi connectivity index (χ1) is 18.4. The highest BCUT2D eigenvalue weighted by Crippen LogP contribution is 2.28. The van der Waals surface area contributed by atoms with Crippen LogP contribution in [-0.2, 0) is 11.3 Å². The fourth-order valence-corrected chi connectivity index (χ4v) is 4.66. The molecule has 0 saturated carbocycles. The van der Waals surface area contributed by atoms with E-state index in [2.05, 4.69) is 30.8 Å². The number of hydrogen-bond acceptors (Lipinski definition) is 7. The zero-order valence-electron chi connectivity index (χ0n) is 21.4. The zero-order chi connectivity index (χ0) is 26.9. The molecule has 2 aromatic carbocycles. The van der Waals surface area contributed by atoms with Gasteiger partial charge in [0.1, 0.15) is 5.82 Å². The number of piperidine rings is 1. The van der Waals surface area contributed by atoms with Crippen LogP contribution in [0.2, 0.25) is 5.02 Å². The van der Waals surface area contributed by atoms with E-state index in [1.54, 1.807) is 18.2 Å². The van der Waals surface area contributed by atoms with Crippen molar-refractivity contribution in [3.63, 3.8) is 0 Å². The topological polar surface area (TPSA) is 115 Å². The third-order valence-corrected chi connectivity index (χ3v) is 6.80. The summed E-state index contributed by atoms with van der Waals surface area (Å²) in [7, 11) is 0. The van der Waals surface area contributed by atoms with E-state index in [0.29, 0.717) is 29.4 Å². The highest BCUT2D eigenvalue weighted by atomic mass is 35.5. The number of rotatable bonds is 12. The van der Waals surface area contributed by atoms with Gasteiger partial charge in [-0.2, -0.15) is 0 Å². The molecule has 1 unspecified atom stereocenters. The van der Waals surface area contributed by atoms with Crippen LogP contribution in [0.25, 0.3) is 0 Å². The smallest absolute Gasteiger partial charge is 0.276 e. The van der Waals surface area contributed by atoms with E-state index < -0.39 is 12.0 Å². The predicted molar refractivity (Wildman–Crippen MR) is 146 cm³/mol. The summed E-state index contributed by atoms with van der Waals surface area (Å²) in [6.45, 7) is 6.65. The molecule has 0 spiro atoms. The first kappa shape index (κ1) is 28.0. The summed E-state index contributed by atoms with van der Waals surface area (Å²) in [4.78, 5) is 22.5. The number of halogens is 2. The Morgan fingerprint density at radius 2 is 2.05 bits per heavy atom. The van der Waals surface area contributed by atoms with Crippen molar-refractivity contribution < 1.29 is 19.0 Å². The van der Waals surface area contributed by atoms with Gasteiger partial charge in [-0.3, -0.25) is 10.1 Å². The number of aliphatic hydroxyl groups is 1. The molecule has 0 radical (unpaired) electrons. The quantitative estimate of drug-likeness (QED) is 0.169. The maximum atomic E-state index is 13.3. The van der Waals surface area contributed by atoms with Gasteiger partial charge < -0.3 is 30.4 Å². The van der Waals surface area contributed by atoms with Crippen molar-refractivity contribution >= 4 is 28.9 Å². The van der Waals surface area contributed by atoms with Gasteiger partial charge in [-0.1, -0.05) is 24.1 Å². The van der Waals surface area contributed by atoms with Gasteiger partial charge in [-0.05, 0) is 68.8 Å². The summed E-state index contributed by atoms with van der Waals surface area (Å²) in [5, 5.41) is 19.7. The van der Waals surface area contributed by atoms with Crippen LogP contribution in [-0.4, -0.2) is 58.8 Å². The molecule has 204 valence electrons. The van der Waals surface area contributed by atoms with Gasteiger partial charge >= 0.3 is 0 Å². The maximum Gasteiger partial charge on any atom is 0.276 e. The van der Waals surface area contributed by atoms with Crippen LogP contribution in [0.15, 0.2) is 42.7 Å². The lowest BCUT2D eigenvalue weighted by Gasteiger charge is -2.26. The Kier molecular flexibility index (Phi) is 10.1. The summed E-state index contributed by atoms with van der Waals surface area (Å²) in [5.41, 5.74) is 3.20. The van der Waals surface area contributed by atoms with Crippen molar-refractivity contribution in [3.8, 4) is 0 Å². The van der Waals surface area contributed by atoms with Crippen LogP contribution in [0.4, 0.5) is 15.8 Å². The molecular formula is C27H34ClFN6O3. The number of benzene rings is 2. The van der Waals surface area contributed by atoms with E-state index in [-0.39, 0.29) is 23.2 Å². The average molecular weight is 545 g/mol. The molecule has 38 heavy (non-hydrogen) atoms. The van der Waals surface area contributed by atoms with Crippen molar-refractivity contribution in [2.45, 2.75) is 39.0 Å². The number of nitrogens with one attached hydrogen (secondary N) is 4. The second-order valence-corrected chi connectivity index (χ2v) is 9.73. The van der Waals surface area contributed by atoms with E-state index in [1.807, 2.05) is 6.92 Å². The van der Waals surface area contributed by atoms with Gasteiger partial charge in [0, 0.05) is 30.0 Å². The number of aromatic nitrogens is 2. The normalized spacial score (nSPS) is 14.8. The van der Waals surface area contributed by atoms with E-state index in [4.69, 9.17) is 16.3 Å². The minimum Gasteiger partial charge on any atom is -0.369 e. The number of carbonyl (C=O) groups is 1. The number of hydrogen-bond donors (Lipinski definition) is 5. The van der Waals surface area contributed by atoms with Crippen LogP contribution in [0, 0.1) is 12.7 Å². The van der Waals surface area contributed by atoms with Crippen LogP contribution in [0.5, 0.6) is 0 Å². The second kappa shape index (κ2) is 13.7. The maximum absolute atomic E-state index is 13.3. The van der Waals surface area contributed by atoms with Crippen LogP contribution in [0.1, 0.15) is 52.8 Å². The van der Waals surface area contributed by atoms with Gasteiger partial charge in [0.25, 0.3) is 5.91 Å². The van der Waals surface area contributed by atoms with Gasteiger partial charge in [0.15, 0.2) is 11.9 Å². The molecular weight excluding hydrogens is 511 g/mol. The van der Waals surface area contributed by atoms with E-state index in [0.717, 1.165) is 24.7 Å². The molecule has 0 aliphatic carbocycles. The predicted octanol–water partition coefficient (Wildman–Crippen LogP) is 4.42. The molecule has 9 nitrogen and oxygen atoms in total. The molecule has 0 bridgehead atoms. The Bertz CT molecular complexity index is 1220. The van der Waals surface area contributed by atoms with Crippen molar-refractivity contribution in [1.29, 1.82) is 0 Å². The number of carbonyl (C=O) groups excluding carboxylic acids is 1. The average Bonchev–Trinajstić information content (AvgIpc) is 3.37. The molecule has 1 fully saturated rings. The molecule has 4 rings (SSSR count). The number of likely N-dealkylation sites (tertiary alicyclic amines) is 1. The zero-order valence-corrected chi connectivity index (χ0v) is 22.2. The Morgan fingerprint density at radius 3 is 2.82 bits per heavy atom. The molecule has 1 aromatic heterocycles. The highest BCUT2D eigenvalue weighted by Gasteiger charge is 2.17. The number of anilines is 2. The molecule has 5 N–H and O–H groups in total. The lowest BCUT2D eigenvalue weighted by atomic mass is 10.1. The first-order valence-electron chi connectivity index (χ1n) is 12.8. The number of aromatic amines is 1. The Hall–Kier alpha value is -3.02. The number of H-pyrrole nitrogens is 1. The van der Waals surface area contributed by atoms with E-state index >= 15 is 0 Å². The van der Waals surface area contributed by atoms with Gasteiger partial charge in [-0.15, -0.1) is 0 Å². The lowest BCUT2D eigenvalue weighted by Crippen LogP contribution is -2.36. The molecule has 1 amide bonds. The minimum absolute atomic E-state index is 0.124. The second-order valence-electron chi connectivity index (χ2n) is 9.32. The Morgan fingerprint density at radius 1 is 1.24 bits per heavy atom. The third kappa shape index (κ3) is 7.75. The van der Waals surface area contributed by atoms with E-state index in [1.165, 1.54) is 50.8 Å². The summed E-state index contributed by atoms with van der Waals surface area (Å²) < 4.78 is 19.0. The number of imidazole rings is 1. The monoisotopic (exact) mass is 544 g/mol. The van der Waals surface area contributed by atoms with Crippen molar-refractivity contribution in [2.75, 3.05) is 43.5 Å². The van der Waals surface area contributed by atoms with Crippen molar-refractivity contribution in [3.05, 3.63) is 76.1 Å². The summed E-state index contributed by atoms with van der Waals surface area (Å²) in [6.07, 6.45) is 4.22. The van der Waals surface area contributed by atoms with Crippen molar-refractivity contribution in [1.82, 2.24) is 20.2 Å². The highest BCUT2D eigenvalue weighted by molar-refractivity contribution is 6.31. The Balaban J connectivity index is 1.25. The molecule has 1 atom stereocenters. The molecule has 3 aromatic rings. The fourth-order valence-electron chi connectivity index (χ4n) is 4.39.